The van der Waals surface area contributed by atoms with E-state index in [0.29, 0.717) is 42.4 Å². The fourth-order valence-electron chi connectivity index (χ4n) is 4.68. The van der Waals surface area contributed by atoms with Gasteiger partial charge < -0.3 is 24.4 Å². The minimum Gasteiger partial charge on any atom is -0.497 e. The molecular formula is C24H26F4N2O4. The van der Waals surface area contributed by atoms with Crippen molar-refractivity contribution in [3.05, 3.63) is 48.3 Å². The van der Waals surface area contributed by atoms with Gasteiger partial charge >= 0.3 is 12.1 Å². The van der Waals surface area contributed by atoms with Crippen molar-refractivity contribution < 1.29 is 36.9 Å². The predicted octanol–water partition coefficient (Wildman–Crippen LogP) is 4.72. The summed E-state index contributed by atoms with van der Waals surface area (Å²) in [6.45, 7) is 0.813. The molecule has 0 saturated carbocycles. The van der Waals surface area contributed by atoms with Gasteiger partial charge in [0.05, 0.1) is 31.7 Å². The number of carbonyl (C=O) groups is 1. The summed E-state index contributed by atoms with van der Waals surface area (Å²) in [5.74, 6) is -1.93. The van der Waals surface area contributed by atoms with Crippen molar-refractivity contribution in [1.82, 2.24) is 0 Å². The van der Waals surface area contributed by atoms with Crippen molar-refractivity contribution in [2.24, 2.45) is 5.92 Å². The van der Waals surface area contributed by atoms with Crippen LogP contribution < -0.4 is 19.3 Å². The van der Waals surface area contributed by atoms with Crippen molar-refractivity contribution in [2.45, 2.75) is 37.6 Å². The van der Waals surface area contributed by atoms with Crippen molar-refractivity contribution in [3.63, 3.8) is 0 Å². The van der Waals surface area contributed by atoms with E-state index in [1.54, 1.807) is 36.4 Å². The number of benzene rings is 2. The first-order valence-electron chi connectivity index (χ1n) is 11.0. The van der Waals surface area contributed by atoms with Gasteiger partial charge in [0.15, 0.2) is 0 Å². The Morgan fingerprint density at radius 2 is 1.82 bits per heavy atom. The van der Waals surface area contributed by atoms with Crippen molar-refractivity contribution in [1.29, 1.82) is 0 Å². The molecule has 1 N–H and O–H groups in total. The molecule has 0 bridgehead atoms. The van der Waals surface area contributed by atoms with E-state index in [2.05, 4.69) is 0 Å². The lowest BCUT2D eigenvalue weighted by Crippen LogP contribution is -2.32. The molecular weight excluding hydrogens is 456 g/mol. The summed E-state index contributed by atoms with van der Waals surface area (Å²) >= 11 is 0. The number of carboxylic acids is 1. The minimum absolute atomic E-state index is 0.183. The molecule has 184 valence electrons. The Kier molecular flexibility index (Phi) is 6.77. The molecule has 0 radical (unpaired) electrons. The maximum absolute atomic E-state index is 14.3. The van der Waals surface area contributed by atoms with Gasteiger partial charge in [0.25, 0.3) is 0 Å². The van der Waals surface area contributed by atoms with Gasteiger partial charge in [-0.1, -0.05) is 0 Å². The van der Waals surface area contributed by atoms with Gasteiger partial charge in [0.2, 0.25) is 0 Å². The SMILES string of the molecule is COc1ccc(F)c(N2CCC(Oc3ccc(N4CC(C(F)(F)F)CC4CC(=O)O)cc3)C2)c1. The van der Waals surface area contributed by atoms with Gasteiger partial charge in [-0.2, -0.15) is 13.2 Å². The molecule has 10 heteroatoms. The zero-order chi connectivity index (χ0) is 24.5. The number of methoxy groups -OCH3 is 1. The highest BCUT2D eigenvalue weighted by atomic mass is 19.4. The van der Waals surface area contributed by atoms with Crippen LogP contribution in [-0.2, 0) is 4.79 Å². The standard InChI is InChI=1S/C24H26F4N2O4/c1-33-19-6-7-21(25)22(12-19)29-9-8-20(14-29)34-18-4-2-16(3-5-18)30-13-15(24(26,27)28)10-17(30)11-23(31)32/h2-7,12,15,17,20H,8-11,13-14H2,1H3,(H,31,32). The molecule has 2 aliphatic heterocycles. The van der Waals surface area contributed by atoms with Crippen LogP contribution in [0, 0.1) is 11.7 Å². The first-order valence-corrected chi connectivity index (χ1v) is 11.0. The van der Waals surface area contributed by atoms with Gasteiger partial charge in [-0.05, 0) is 42.8 Å². The van der Waals surface area contributed by atoms with Gasteiger partial charge in [0.1, 0.15) is 23.4 Å². The Morgan fingerprint density at radius 3 is 2.47 bits per heavy atom. The lowest BCUT2D eigenvalue weighted by Gasteiger charge is -2.26. The number of rotatable bonds is 7. The predicted molar refractivity (Wildman–Crippen MR) is 118 cm³/mol. The molecule has 2 saturated heterocycles. The molecule has 2 aromatic carbocycles. The van der Waals surface area contributed by atoms with Gasteiger partial charge in [-0.15, -0.1) is 0 Å². The second-order valence-corrected chi connectivity index (χ2v) is 8.66. The molecule has 0 amide bonds. The Morgan fingerprint density at radius 1 is 1.12 bits per heavy atom. The minimum atomic E-state index is -4.37. The van der Waals surface area contributed by atoms with Crippen LogP contribution >= 0.6 is 0 Å². The number of alkyl halides is 3. The van der Waals surface area contributed by atoms with Crippen LogP contribution in [0.25, 0.3) is 0 Å². The molecule has 2 aromatic rings. The molecule has 34 heavy (non-hydrogen) atoms. The molecule has 6 nitrogen and oxygen atoms in total. The summed E-state index contributed by atoms with van der Waals surface area (Å²) in [5.41, 5.74) is 0.968. The van der Waals surface area contributed by atoms with E-state index >= 15 is 0 Å². The Hall–Kier alpha value is -3.17. The van der Waals surface area contributed by atoms with Crippen molar-refractivity contribution in [3.8, 4) is 11.5 Å². The van der Waals surface area contributed by atoms with Crippen molar-refractivity contribution >= 4 is 17.3 Å². The Labute approximate surface area is 194 Å². The zero-order valence-corrected chi connectivity index (χ0v) is 18.6. The van der Waals surface area contributed by atoms with Crippen LogP contribution in [0.2, 0.25) is 0 Å². The van der Waals surface area contributed by atoms with Crippen LogP contribution in [0.3, 0.4) is 0 Å². The molecule has 0 aliphatic carbocycles. The summed E-state index contributed by atoms with van der Waals surface area (Å²) in [5, 5.41) is 9.12. The van der Waals surface area contributed by atoms with Gasteiger partial charge in [0, 0.05) is 37.3 Å². The fraction of sp³-hybridized carbons (Fsp3) is 0.458. The van der Waals surface area contributed by atoms with Crippen LogP contribution in [-0.4, -0.2) is 56.1 Å². The maximum atomic E-state index is 14.3. The van der Waals surface area contributed by atoms with E-state index in [1.807, 2.05) is 4.90 Å². The Balaban J connectivity index is 1.40. The fourth-order valence-corrected chi connectivity index (χ4v) is 4.68. The molecule has 4 rings (SSSR count). The number of ether oxygens (including phenoxy) is 2. The van der Waals surface area contributed by atoms with Crippen LogP contribution in [0.1, 0.15) is 19.3 Å². The quantitative estimate of drug-likeness (QED) is 0.576. The van der Waals surface area contributed by atoms with E-state index in [9.17, 15) is 22.4 Å². The molecule has 2 heterocycles. The first-order chi connectivity index (χ1) is 16.1. The molecule has 2 aliphatic rings. The highest BCUT2D eigenvalue weighted by Gasteiger charge is 2.47. The number of nitrogens with zero attached hydrogens (tertiary/aromatic N) is 2. The average molecular weight is 482 g/mol. The highest BCUT2D eigenvalue weighted by Crippen LogP contribution is 2.40. The monoisotopic (exact) mass is 482 g/mol. The summed E-state index contributed by atoms with van der Waals surface area (Å²) in [6.07, 6.45) is -4.47. The lowest BCUT2D eigenvalue weighted by atomic mass is 10.0. The third kappa shape index (κ3) is 5.31. The number of anilines is 2. The average Bonchev–Trinajstić information content (AvgIpc) is 3.41. The van der Waals surface area contributed by atoms with E-state index in [-0.39, 0.29) is 31.3 Å². The normalized spacial score (nSPS) is 22.8. The van der Waals surface area contributed by atoms with Crippen LogP contribution in [0.15, 0.2) is 42.5 Å². The Bertz CT molecular complexity index is 1020. The van der Waals surface area contributed by atoms with E-state index < -0.39 is 24.1 Å². The topological polar surface area (TPSA) is 62.2 Å². The number of halogens is 4. The summed E-state index contributed by atoms with van der Waals surface area (Å²) in [7, 11) is 1.52. The second kappa shape index (κ2) is 9.60. The third-order valence-electron chi connectivity index (χ3n) is 6.40. The summed E-state index contributed by atoms with van der Waals surface area (Å²) in [4.78, 5) is 14.6. The lowest BCUT2D eigenvalue weighted by molar-refractivity contribution is -0.169. The molecule has 0 aromatic heterocycles. The zero-order valence-electron chi connectivity index (χ0n) is 18.6. The summed E-state index contributed by atoms with van der Waals surface area (Å²) < 4.78 is 65.2. The first kappa shape index (κ1) is 24.0. The van der Waals surface area contributed by atoms with E-state index in [4.69, 9.17) is 14.6 Å². The number of carboxylic acid groups (broad SMARTS) is 1. The van der Waals surface area contributed by atoms with E-state index in [1.165, 1.54) is 18.1 Å². The van der Waals surface area contributed by atoms with Gasteiger partial charge in [-0.25, -0.2) is 4.39 Å². The van der Waals surface area contributed by atoms with Crippen LogP contribution in [0.5, 0.6) is 11.5 Å². The second-order valence-electron chi connectivity index (χ2n) is 8.66. The molecule has 3 atom stereocenters. The maximum Gasteiger partial charge on any atom is 0.393 e. The summed E-state index contributed by atoms with van der Waals surface area (Å²) in [6, 6.07) is 10.5. The molecule has 0 spiro atoms. The number of aliphatic carboxylic acids is 1. The largest absolute Gasteiger partial charge is 0.497 e. The van der Waals surface area contributed by atoms with Crippen LogP contribution in [0.4, 0.5) is 28.9 Å². The van der Waals surface area contributed by atoms with Crippen molar-refractivity contribution in [2.75, 3.05) is 36.5 Å². The van der Waals surface area contributed by atoms with Gasteiger partial charge in [-0.3, -0.25) is 4.79 Å². The molecule has 3 unspecified atom stereocenters. The number of hydrogen-bond donors (Lipinski definition) is 1. The third-order valence-corrected chi connectivity index (χ3v) is 6.40. The van der Waals surface area contributed by atoms with E-state index in [0.717, 1.165) is 0 Å². The highest BCUT2D eigenvalue weighted by molar-refractivity contribution is 5.69. The number of hydrogen-bond acceptors (Lipinski definition) is 5. The molecule has 2 fully saturated rings. The smallest absolute Gasteiger partial charge is 0.393 e.